The van der Waals surface area contributed by atoms with Gasteiger partial charge in [0.1, 0.15) is 5.75 Å². The zero-order valence-electron chi connectivity index (χ0n) is 16.8. The van der Waals surface area contributed by atoms with Crippen LogP contribution in [-0.2, 0) is 24.1 Å². The van der Waals surface area contributed by atoms with Gasteiger partial charge in [-0.25, -0.2) is 13.2 Å². The highest BCUT2D eigenvalue weighted by molar-refractivity contribution is 7.92. The Morgan fingerprint density at radius 3 is 2.20 bits per heavy atom. The van der Waals surface area contributed by atoms with Gasteiger partial charge in [-0.3, -0.25) is 13.4 Å². The van der Waals surface area contributed by atoms with Crippen LogP contribution in [0.1, 0.15) is 0 Å². The number of fused-ring (bicyclic) bond motifs is 1. The summed E-state index contributed by atoms with van der Waals surface area (Å²) in [6, 6.07) is 20.8. The first-order valence-corrected chi connectivity index (χ1v) is 10.7. The summed E-state index contributed by atoms with van der Waals surface area (Å²) in [6.07, 6.45) is 0. The number of anilines is 1. The molecule has 0 aliphatic heterocycles. The zero-order chi connectivity index (χ0) is 21.5. The minimum absolute atomic E-state index is 0.0909. The van der Waals surface area contributed by atoms with Crippen LogP contribution in [0.4, 0.5) is 5.69 Å². The summed E-state index contributed by atoms with van der Waals surface area (Å²) < 4.78 is 36.7. The lowest BCUT2D eigenvalue weighted by Crippen LogP contribution is -2.27. The van der Waals surface area contributed by atoms with E-state index in [0.717, 1.165) is 0 Å². The molecule has 4 aromatic rings. The van der Waals surface area contributed by atoms with Crippen molar-refractivity contribution < 1.29 is 13.2 Å². The third kappa shape index (κ3) is 3.25. The molecule has 0 amide bonds. The average molecular weight is 423 g/mol. The first kappa shape index (κ1) is 19.8. The van der Waals surface area contributed by atoms with Crippen LogP contribution in [0.3, 0.4) is 0 Å². The highest BCUT2D eigenvalue weighted by atomic mass is 32.2. The van der Waals surface area contributed by atoms with Crippen LogP contribution in [-0.4, -0.2) is 24.6 Å². The van der Waals surface area contributed by atoms with Gasteiger partial charge in [0.2, 0.25) is 0 Å². The molecule has 8 heteroatoms. The summed E-state index contributed by atoms with van der Waals surface area (Å²) in [7, 11) is 0.867. The van der Waals surface area contributed by atoms with Gasteiger partial charge in [0.25, 0.3) is 10.0 Å². The Balaban J connectivity index is 1.76. The zero-order valence-corrected chi connectivity index (χ0v) is 17.6. The van der Waals surface area contributed by atoms with E-state index >= 15 is 0 Å². The van der Waals surface area contributed by atoms with Crippen molar-refractivity contribution >= 4 is 26.7 Å². The van der Waals surface area contributed by atoms with E-state index in [1.54, 1.807) is 56.6 Å². The molecule has 1 aromatic heterocycles. The van der Waals surface area contributed by atoms with E-state index in [4.69, 9.17) is 4.74 Å². The van der Waals surface area contributed by atoms with Crippen molar-refractivity contribution in [1.29, 1.82) is 0 Å². The number of aromatic nitrogens is 2. The molecule has 0 N–H and O–H groups in total. The van der Waals surface area contributed by atoms with Gasteiger partial charge in [0.05, 0.1) is 21.6 Å². The van der Waals surface area contributed by atoms with E-state index in [1.807, 2.05) is 18.2 Å². The summed E-state index contributed by atoms with van der Waals surface area (Å²) >= 11 is 0. The van der Waals surface area contributed by atoms with Gasteiger partial charge in [-0.05, 0) is 42.5 Å². The Bertz CT molecular complexity index is 1390. The Labute approximate surface area is 174 Å². The van der Waals surface area contributed by atoms with Crippen molar-refractivity contribution in [1.82, 2.24) is 9.13 Å². The second kappa shape index (κ2) is 7.38. The lowest BCUT2D eigenvalue weighted by Gasteiger charge is -2.22. The van der Waals surface area contributed by atoms with Crippen molar-refractivity contribution in [2.45, 2.75) is 4.90 Å². The fraction of sp³-hybridized carbons (Fsp3) is 0.136. The third-order valence-corrected chi connectivity index (χ3v) is 6.84. The summed E-state index contributed by atoms with van der Waals surface area (Å²) in [6.45, 7) is 0. The van der Waals surface area contributed by atoms with Gasteiger partial charge in [-0.2, -0.15) is 0 Å². The molecule has 0 fully saturated rings. The highest BCUT2D eigenvalue weighted by Crippen LogP contribution is 2.34. The predicted molar refractivity (Wildman–Crippen MR) is 117 cm³/mol. The third-order valence-electron chi connectivity index (χ3n) is 5.08. The molecule has 0 bridgehead atoms. The number of ether oxygens (including phenoxy) is 1. The molecule has 0 aliphatic rings. The molecule has 154 valence electrons. The van der Waals surface area contributed by atoms with Crippen LogP contribution >= 0.6 is 0 Å². The van der Waals surface area contributed by atoms with Crippen LogP contribution < -0.4 is 14.7 Å². The molecule has 0 atom stereocenters. The first-order valence-electron chi connectivity index (χ1n) is 9.27. The number of hydrogen-bond acceptors (Lipinski definition) is 4. The molecule has 0 spiro atoms. The van der Waals surface area contributed by atoms with Gasteiger partial charge in [-0.15, -0.1) is 0 Å². The Hall–Kier alpha value is -3.52. The van der Waals surface area contributed by atoms with Crippen molar-refractivity contribution in [3.63, 3.8) is 0 Å². The molecule has 0 aliphatic carbocycles. The fourth-order valence-corrected chi connectivity index (χ4v) is 4.58. The molecule has 1 heterocycles. The lowest BCUT2D eigenvalue weighted by molar-refractivity contribution is 0.483. The molecule has 4 rings (SSSR count). The lowest BCUT2D eigenvalue weighted by atomic mass is 10.3. The average Bonchev–Trinajstić information content (AvgIpc) is 2.98. The first-order chi connectivity index (χ1) is 14.3. The van der Waals surface area contributed by atoms with E-state index in [9.17, 15) is 13.2 Å². The maximum Gasteiger partial charge on any atom is 0.328 e. The monoisotopic (exact) mass is 423 g/mol. The van der Waals surface area contributed by atoms with E-state index in [2.05, 4.69) is 0 Å². The largest absolute Gasteiger partial charge is 0.455 e. The minimum Gasteiger partial charge on any atom is -0.455 e. The Morgan fingerprint density at radius 2 is 1.47 bits per heavy atom. The molecule has 3 aromatic carbocycles. The number of imidazole rings is 1. The molecule has 0 saturated heterocycles. The van der Waals surface area contributed by atoms with Crippen molar-refractivity contribution in [2.75, 3.05) is 11.4 Å². The molecule has 30 heavy (non-hydrogen) atoms. The SMILES string of the molecule is CN(c1ccccc1Oc1ccccc1)S(=O)(=O)c1ccc2c(c1)n(C)c(=O)n2C. The smallest absolute Gasteiger partial charge is 0.328 e. The second-order valence-electron chi connectivity index (χ2n) is 6.91. The summed E-state index contributed by atoms with van der Waals surface area (Å²) in [4.78, 5) is 12.3. The van der Waals surface area contributed by atoms with Crippen LogP contribution in [0.25, 0.3) is 11.0 Å². The van der Waals surface area contributed by atoms with Crippen LogP contribution in [0, 0.1) is 0 Å². The van der Waals surface area contributed by atoms with Gasteiger partial charge in [0, 0.05) is 21.1 Å². The van der Waals surface area contributed by atoms with Crippen molar-refractivity contribution in [3.05, 3.63) is 83.3 Å². The number of hydrogen-bond donors (Lipinski definition) is 0. The summed E-state index contributed by atoms with van der Waals surface area (Å²) in [5.74, 6) is 1.03. The van der Waals surface area contributed by atoms with Crippen molar-refractivity contribution in [2.24, 2.45) is 14.1 Å². The van der Waals surface area contributed by atoms with Crippen molar-refractivity contribution in [3.8, 4) is 11.5 Å². The second-order valence-corrected chi connectivity index (χ2v) is 8.88. The van der Waals surface area contributed by atoms with Crippen LogP contribution in [0.15, 0.2) is 82.5 Å². The molecular weight excluding hydrogens is 402 g/mol. The van der Waals surface area contributed by atoms with Gasteiger partial charge in [-0.1, -0.05) is 30.3 Å². The maximum atomic E-state index is 13.4. The molecule has 7 nitrogen and oxygen atoms in total. The predicted octanol–water partition coefficient (Wildman–Crippen LogP) is 3.49. The van der Waals surface area contributed by atoms with E-state index in [0.29, 0.717) is 28.2 Å². The van der Waals surface area contributed by atoms with Crippen LogP contribution in [0.5, 0.6) is 11.5 Å². The number of benzene rings is 3. The molecule has 0 radical (unpaired) electrons. The topological polar surface area (TPSA) is 73.5 Å². The number of aryl methyl sites for hydroxylation is 2. The van der Waals surface area contributed by atoms with E-state index < -0.39 is 10.0 Å². The summed E-state index contributed by atoms with van der Waals surface area (Å²) in [5.41, 5.74) is 1.40. The number of rotatable bonds is 5. The molecular formula is C22H21N3O4S. The number of nitrogens with zero attached hydrogens (tertiary/aromatic N) is 3. The number of para-hydroxylation sites is 3. The highest BCUT2D eigenvalue weighted by Gasteiger charge is 2.25. The fourth-order valence-electron chi connectivity index (χ4n) is 3.35. The molecule has 0 unspecified atom stereocenters. The van der Waals surface area contributed by atoms with E-state index in [-0.39, 0.29) is 10.6 Å². The van der Waals surface area contributed by atoms with Crippen LogP contribution in [0.2, 0.25) is 0 Å². The Morgan fingerprint density at radius 1 is 0.833 bits per heavy atom. The Kier molecular flexibility index (Phi) is 4.87. The molecule has 0 saturated carbocycles. The maximum absolute atomic E-state index is 13.4. The van der Waals surface area contributed by atoms with E-state index in [1.165, 1.54) is 32.6 Å². The minimum atomic E-state index is -3.89. The normalized spacial score (nSPS) is 11.6. The quantitative estimate of drug-likeness (QED) is 0.493. The van der Waals surface area contributed by atoms with Gasteiger partial charge in [0.15, 0.2) is 5.75 Å². The summed E-state index contributed by atoms with van der Waals surface area (Å²) in [5, 5.41) is 0. The van der Waals surface area contributed by atoms with Gasteiger partial charge >= 0.3 is 5.69 Å². The standard InChI is InChI=1S/C22H21N3O4S/c1-23-18-14-13-17(15-20(18)24(2)22(23)26)30(27,28)25(3)19-11-7-8-12-21(19)29-16-9-5-4-6-10-16/h4-15H,1-3H3. The van der Waals surface area contributed by atoms with Gasteiger partial charge < -0.3 is 4.74 Å². The number of sulfonamides is 1.